The van der Waals surface area contributed by atoms with E-state index in [0.29, 0.717) is 5.69 Å². The number of aliphatic hydroxyl groups is 1. The second-order valence-corrected chi connectivity index (χ2v) is 4.09. The van der Waals surface area contributed by atoms with E-state index in [1.54, 1.807) is 24.3 Å². The lowest BCUT2D eigenvalue weighted by Gasteiger charge is -2.23. The van der Waals surface area contributed by atoms with Gasteiger partial charge in [-0.05, 0) is 17.7 Å². The Kier molecular flexibility index (Phi) is 3.91. The van der Waals surface area contributed by atoms with E-state index >= 15 is 0 Å². The first kappa shape index (κ1) is 12.5. The summed E-state index contributed by atoms with van der Waals surface area (Å²) in [6, 6.07) is 6.56. The minimum absolute atomic E-state index is 0.0680. The van der Waals surface area contributed by atoms with Gasteiger partial charge in [0.2, 0.25) is 11.8 Å². The van der Waals surface area contributed by atoms with Gasteiger partial charge in [0.1, 0.15) is 6.04 Å². The number of amides is 2. The van der Waals surface area contributed by atoms with Gasteiger partial charge >= 0.3 is 0 Å². The quantitative estimate of drug-likeness (QED) is 0.565. The van der Waals surface area contributed by atoms with Gasteiger partial charge in [-0.15, -0.1) is 0 Å². The van der Waals surface area contributed by atoms with Gasteiger partial charge in [-0.2, -0.15) is 0 Å². The molecule has 6 heteroatoms. The molecule has 0 radical (unpaired) electrons. The molecule has 6 nitrogen and oxygen atoms in total. The Morgan fingerprint density at radius 1 is 1.50 bits per heavy atom. The van der Waals surface area contributed by atoms with E-state index in [1.165, 1.54) is 0 Å². The number of hydrogen-bond acceptors (Lipinski definition) is 4. The van der Waals surface area contributed by atoms with Gasteiger partial charge in [0.25, 0.3) is 0 Å². The SMILES string of the molecule is O=C1CNC(C(=O)Nc2cccc(CO)c2)CN1. The molecule has 18 heavy (non-hydrogen) atoms. The van der Waals surface area contributed by atoms with Crippen LogP contribution in [0.25, 0.3) is 0 Å². The van der Waals surface area contributed by atoms with Crippen molar-refractivity contribution >= 4 is 17.5 Å². The van der Waals surface area contributed by atoms with E-state index in [-0.39, 0.29) is 31.5 Å². The zero-order valence-electron chi connectivity index (χ0n) is 9.77. The molecule has 4 N–H and O–H groups in total. The van der Waals surface area contributed by atoms with Gasteiger partial charge in [0.15, 0.2) is 0 Å². The molecule has 1 aromatic rings. The maximum absolute atomic E-state index is 11.9. The molecule has 2 rings (SSSR count). The Bertz CT molecular complexity index is 452. The predicted molar refractivity (Wildman–Crippen MR) is 65.8 cm³/mol. The van der Waals surface area contributed by atoms with Crippen LogP contribution in [0.5, 0.6) is 0 Å². The summed E-state index contributed by atoms with van der Waals surface area (Å²) in [5.41, 5.74) is 1.36. The number of carbonyl (C=O) groups is 2. The minimum atomic E-state index is -0.430. The summed E-state index contributed by atoms with van der Waals surface area (Å²) < 4.78 is 0. The molecule has 1 fully saturated rings. The van der Waals surface area contributed by atoms with Gasteiger partial charge in [0.05, 0.1) is 13.2 Å². The van der Waals surface area contributed by atoms with E-state index in [9.17, 15) is 9.59 Å². The highest BCUT2D eigenvalue weighted by molar-refractivity contribution is 5.96. The van der Waals surface area contributed by atoms with Crippen molar-refractivity contribution in [3.05, 3.63) is 29.8 Å². The lowest BCUT2D eigenvalue weighted by Crippen LogP contribution is -2.56. The highest BCUT2D eigenvalue weighted by Crippen LogP contribution is 2.11. The summed E-state index contributed by atoms with van der Waals surface area (Å²) in [6.45, 7) is 0.362. The van der Waals surface area contributed by atoms with Crippen molar-refractivity contribution in [2.45, 2.75) is 12.6 Å². The fraction of sp³-hybridized carbons (Fsp3) is 0.333. The average Bonchev–Trinajstić information content (AvgIpc) is 2.39. The third kappa shape index (κ3) is 3.06. The molecule has 0 aromatic heterocycles. The van der Waals surface area contributed by atoms with E-state index in [4.69, 9.17) is 5.11 Å². The van der Waals surface area contributed by atoms with E-state index in [0.717, 1.165) is 5.56 Å². The monoisotopic (exact) mass is 249 g/mol. The van der Waals surface area contributed by atoms with E-state index in [1.807, 2.05) is 0 Å². The first-order valence-electron chi connectivity index (χ1n) is 5.70. The van der Waals surface area contributed by atoms with Crippen LogP contribution in [0.2, 0.25) is 0 Å². The van der Waals surface area contributed by atoms with Crippen LogP contribution in [0.15, 0.2) is 24.3 Å². The molecule has 0 saturated carbocycles. The highest BCUT2D eigenvalue weighted by atomic mass is 16.3. The lowest BCUT2D eigenvalue weighted by molar-refractivity contribution is -0.124. The maximum Gasteiger partial charge on any atom is 0.243 e. The van der Waals surface area contributed by atoms with Gasteiger partial charge < -0.3 is 15.7 Å². The Morgan fingerprint density at radius 3 is 3.00 bits per heavy atom. The number of anilines is 1. The second kappa shape index (κ2) is 5.61. The van der Waals surface area contributed by atoms with Crippen molar-refractivity contribution in [2.75, 3.05) is 18.4 Å². The molecule has 1 saturated heterocycles. The van der Waals surface area contributed by atoms with Crippen molar-refractivity contribution < 1.29 is 14.7 Å². The molecule has 0 aliphatic carbocycles. The van der Waals surface area contributed by atoms with E-state index < -0.39 is 6.04 Å². The third-order valence-corrected chi connectivity index (χ3v) is 2.71. The van der Waals surface area contributed by atoms with Crippen molar-refractivity contribution in [1.29, 1.82) is 0 Å². The van der Waals surface area contributed by atoms with Crippen LogP contribution >= 0.6 is 0 Å². The number of carbonyl (C=O) groups excluding carboxylic acids is 2. The van der Waals surface area contributed by atoms with Crippen LogP contribution in [0.4, 0.5) is 5.69 Å². The number of hydrogen-bond donors (Lipinski definition) is 4. The fourth-order valence-electron chi connectivity index (χ4n) is 1.73. The van der Waals surface area contributed by atoms with Gasteiger partial charge in [-0.3, -0.25) is 14.9 Å². The van der Waals surface area contributed by atoms with Crippen LogP contribution in [-0.2, 0) is 16.2 Å². The number of piperazine rings is 1. The molecular formula is C12H15N3O3. The molecule has 1 atom stereocenters. The topological polar surface area (TPSA) is 90.5 Å². The van der Waals surface area contributed by atoms with Crippen LogP contribution in [0, 0.1) is 0 Å². The molecule has 2 amide bonds. The fourth-order valence-corrected chi connectivity index (χ4v) is 1.73. The van der Waals surface area contributed by atoms with Gasteiger partial charge in [-0.1, -0.05) is 12.1 Å². The minimum Gasteiger partial charge on any atom is -0.392 e. The van der Waals surface area contributed by atoms with Crippen molar-refractivity contribution in [3.63, 3.8) is 0 Å². The summed E-state index contributed by atoms with van der Waals surface area (Å²) in [5, 5.41) is 17.2. The standard InChI is InChI=1S/C12H15N3O3/c16-7-8-2-1-3-9(4-8)15-12(18)10-5-14-11(17)6-13-10/h1-4,10,13,16H,5-7H2,(H,14,17)(H,15,18). The maximum atomic E-state index is 11.9. The van der Waals surface area contributed by atoms with Crippen LogP contribution in [-0.4, -0.2) is 36.1 Å². The molecule has 1 aliphatic heterocycles. The molecular weight excluding hydrogens is 234 g/mol. The predicted octanol–water partition coefficient (Wildman–Crippen LogP) is -0.795. The molecule has 1 unspecified atom stereocenters. The average molecular weight is 249 g/mol. The molecule has 1 aliphatic rings. The Hall–Kier alpha value is -1.92. The second-order valence-electron chi connectivity index (χ2n) is 4.09. The Balaban J connectivity index is 1.96. The smallest absolute Gasteiger partial charge is 0.243 e. The molecule has 1 heterocycles. The largest absolute Gasteiger partial charge is 0.392 e. The first-order valence-corrected chi connectivity index (χ1v) is 5.70. The van der Waals surface area contributed by atoms with E-state index in [2.05, 4.69) is 16.0 Å². The number of aliphatic hydroxyl groups excluding tert-OH is 1. The summed E-state index contributed by atoms with van der Waals surface area (Å²) in [6.07, 6.45) is 0. The number of rotatable bonds is 3. The molecule has 0 spiro atoms. The number of benzene rings is 1. The third-order valence-electron chi connectivity index (χ3n) is 2.71. The van der Waals surface area contributed by atoms with Gasteiger partial charge in [-0.25, -0.2) is 0 Å². The van der Waals surface area contributed by atoms with Crippen molar-refractivity contribution in [3.8, 4) is 0 Å². The molecule has 0 bridgehead atoms. The summed E-state index contributed by atoms with van der Waals surface area (Å²) in [7, 11) is 0. The zero-order valence-corrected chi connectivity index (χ0v) is 9.77. The van der Waals surface area contributed by atoms with Crippen LogP contribution in [0.3, 0.4) is 0 Å². The molecule has 96 valence electrons. The first-order chi connectivity index (χ1) is 8.69. The Morgan fingerprint density at radius 2 is 2.33 bits per heavy atom. The van der Waals surface area contributed by atoms with Crippen LogP contribution < -0.4 is 16.0 Å². The van der Waals surface area contributed by atoms with Crippen molar-refractivity contribution in [1.82, 2.24) is 10.6 Å². The highest BCUT2D eigenvalue weighted by Gasteiger charge is 2.23. The molecule has 1 aromatic carbocycles. The zero-order chi connectivity index (χ0) is 13.0. The number of nitrogens with one attached hydrogen (secondary N) is 3. The summed E-state index contributed by atoms with van der Waals surface area (Å²) >= 11 is 0. The van der Waals surface area contributed by atoms with Crippen LogP contribution in [0.1, 0.15) is 5.56 Å². The summed E-state index contributed by atoms with van der Waals surface area (Å²) in [5.74, 6) is -0.314. The Labute approximate surface area is 104 Å². The lowest BCUT2D eigenvalue weighted by atomic mass is 10.2. The summed E-state index contributed by atoms with van der Waals surface area (Å²) in [4.78, 5) is 22.8. The van der Waals surface area contributed by atoms with Gasteiger partial charge in [0, 0.05) is 12.2 Å². The van der Waals surface area contributed by atoms with Crippen molar-refractivity contribution in [2.24, 2.45) is 0 Å². The normalized spacial score (nSPS) is 19.2.